The van der Waals surface area contributed by atoms with Gasteiger partial charge in [-0.25, -0.2) is 0 Å². The SMILES string of the molecule is CC(C)[C@H](C)C(CN)CC(=O)O. The maximum absolute atomic E-state index is 10.4. The molecule has 72 valence electrons. The Morgan fingerprint density at radius 1 is 1.42 bits per heavy atom. The summed E-state index contributed by atoms with van der Waals surface area (Å²) in [7, 11) is 0. The molecule has 0 aliphatic carbocycles. The fourth-order valence-electron chi connectivity index (χ4n) is 1.25. The summed E-state index contributed by atoms with van der Waals surface area (Å²) in [5.41, 5.74) is 5.50. The van der Waals surface area contributed by atoms with Crippen LogP contribution in [0.1, 0.15) is 27.2 Å². The van der Waals surface area contributed by atoms with Gasteiger partial charge < -0.3 is 10.8 Å². The molecule has 0 amide bonds. The van der Waals surface area contributed by atoms with Gasteiger partial charge in [-0.15, -0.1) is 0 Å². The Kier molecular flexibility index (Phi) is 4.90. The summed E-state index contributed by atoms with van der Waals surface area (Å²) in [5.74, 6) is 0.240. The molecule has 3 nitrogen and oxygen atoms in total. The lowest BCUT2D eigenvalue weighted by Gasteiger charge is -2.24. The number of aliphatic carboxylic acids is 1. The van der Waals surface area contributed by atoms with Crippen molar-refractivity contribution in [3.05, 3.63) is 0 Å². The number of nitrogens with two attached hydrogens (primary N) is 1. The quantitative estimate of drug-likeness (QED) is 0.659. The van der Waals surface area contributed by atoms with Crippen molar-refractivity contribution in [1.82, 2.24) is 0 Å². The summed E-state index contributed by atoms with van der Waals surface area (Å²) in [6, 6.07) is 0. The van der Waals surface area contributed by atoms with Crippen LogP contribution in [0.2, 0.25) is 0 Å². The zero-order valence-corrected chi connectivity index (χ0v) is 8.08. The first-order chi connectivity index (χ1) is 5.49. The van der Waals surface area contributed by atoms with Crippen LogP contribution in [0.15, 0.2) is 0 Å². The fraction of sp³-hybridized carbons (Fsp3) is 0.889. The number of carboxylic acid groups (broad SMARTS) is 1. The third-order valence-corrected chi connectivity index (χ3v) is 2.53. The first kappa shape index (κ1) is 11.4. The van der Waals surface area contributed by atoms with Crippen LogP contribution in [0.5, 0.6) is 0 Å². The molecule has 3 heteroatoms. The fourth-order valence-corrected chi connectivity index (χ4v) is 1.25. The summed E-state index contributed by atoms with van der Waals surface area (Å²) in [6.45, 7) is 6.71. The zero-order chi connectivity index (χ0) is 9.72. The minimum atomic E-state index is -0.752. The Balaban J connectivity index is 4.04. The summed E-state index contributed by atoms with van der Waals surface area (Å²) in [6.07, 6.45) is 0.190. The van der Waals surface area contributed by atoms with E-state index in [9.17, 15) is 4.79 Å². The molecule has 0 aromatic heterocycles. The normalized spacial score (nSPS) is 16.1. The van der Waals surface area contributed by atoms with E-state index < -0.39 is 5.97 Å². The molecule has 0 saturated heterocycles. The van der Waals surface area contributed by atoms with Gasteiger partial charge in [-0.05, 0) is 24.3 Å². The van der Waals surface area contributed by atoms with Crippen molar-refractivity contribution in [3.63, 3.8) is 0 Å². The van der Waals surface area contributed by atoms with E-state index in [-0.39, 0.29) is 12.3 Å². The third-order valence-electron chi connectivity index (χ3n) is 2.53. The van der Waals surface area contributed by atoms with Crippen molar-refractivity contribution in [3.8, 4) is 0 Å². The van der Waals surface area contributed by atoms with Crippen LogP contribution in [0, 0.1) is 17.8 Å². The molecular formula is C9H19NO2. The Morgan fingerprint density at radius 2 is 1.92 bits per heavy atom. The second-order valence-electron chi connectivity index (χ2n) is 3.70. The Labute approximate surface area is 74.0 Å². The van der Waals surface area contributed by atoms with E-state index in [4.69, 9.17) is 10.8 Å². The van der Waals surface area contributed by atoms with Crippen LogP contribution in [0.3, 0.4) is 0 Å². The van der Waals surface area contributed by atoms with Crippen molar-refractivity contribution < 1.29 is 9.90 Å². The molecular weight excluding hydrogens is 154 g/mol. The molecule has 0 fully saturated rings. The van der Waals surface area contributed by atoms with E-state index in [0.29, 0.717) is 18.4 Å². The van der Waals surface area contributed by atoms with E-state index in [1.165, 1.54) is 0 Å². The molecule has 0 aliphatic rings. The minimum Gasteiger partial charge on any atom is -0.481 e. The van der Waals surface area contributed by atoms with Gasteiger partial charge in [0.05, 0.1) is 0 Å². The Hall–Kier alpha value is -0.570. The van der Waals surface area contributed by atoms with Gasteiger partial charge in [-0.3, -0.25) is 4.79 Å². The maximum Gasteiger partial charge on any atom is 0.303 e. The molecule has 0 aromatic rings. The lowest BCUT2D eigenvalue weighted by Crippen LogP contribution is -2.27. The van der Waals surface area contributed by atoms with E-state index in [0.717, 1.165) is 0 Å². The molecule has 0 radical (unpaired) electrons. The number of hydrogen-bond donors (Lipinski definition) is 2. The van der Waals surface area contributed by atoms with Gasteiger partial charge in [0.2, 0.25) is 0 Å². The second-order valence-corrected chi connectivity index (χ2v) is 3.70. The summed E-state index contributed by atoms with van der Waals surface area (Å²) >= 11 is 0. The van der Waals surface area contributed by atoms with Gasteiger partial charge in [0.1, 0.15) is 0 Å². The van der Waals surface area contributed by atoms with Crippen LogP contribution in [0.4, 0.5) is 0 Å². The molecule has 0 spiro atoms. The third kappa shape index (κ3) is 3.72. The highest BCUT2D eigenvalue weighted by molar-refractivity contribution is 5.67. The van der Waals surface area contributed by atoms with Crippen molar-refractivity contribution in [2.24, 2.45) is 23.5 Å². The van der Waals surface area contributed by atoms with Crippen molar-refractivity contribution in [2.45, 2.75) is 27.2 Å². The number of carbonyl (C=O) groups is 1. The van der Waals surface area contributed by atoms with E-state index in [1.54, 1.807) is 0 Å². The summed E-state index contributed by atoms with van der Waals surface area (Å²) < 4.78 is 0. The summed E-state index contributed by atoms with van der Waals surface area (Å²) in [5, 5.41) is 8.59. The second kappa shape index (κ2) is 5.14. The monoisotopic (exact) mass is 173 g/mol. The highest BCUT2D eigenvalue weighted by atomic mass is 16.4. The van der Waals surface area contributed by atoms with Gasteiger partial charge in [0, 0.05) is 6.42 Å². The van der Waals surface area contributed by atoms with E-state index in [1.807, 2.05) is 0 Å². The van der Waals surface area contributed by atoms with Crippen LogP contribution >= 0.6 is 0 Å². The molecule has 0 saturated carbocycles. The Bertz CT molecular complexity index is 145. The summed E-state index contributed by atoms with van der Waals surface area (Å²) in [4.78, 5) is 10.4. The highest BCUT2D eigenvalue weighted by Crippen LogP contribution is 2.22. The molecule has 3 N–H and O–H groups in total. The van der Waals surface area contributed by atoms with Crippen molar-refractivity contribution in [1.29, 1.82) is 0 Å². The minimum absolute atomic E-state index is 0.113. The average Bonchev–Trinajstić information content (AvgIpc) is 1.98. The van der Waals surface area contributed by atoms with Crippen LogP contribution in [0.25, 0.3) is 0 Å². The van der Waals surface area contributed by atoms with Gasteiger partial charge in [0.25, 0.3) is 0 Å². The van der Waals surface area contributed by atoms with Crippen LogP contribution in [-0.4, -0.2) is 17.6 Å². The van der Waals surface area contributed by atoms with Crippen LogP contribution in [-0.2, 0) is 4.79 Å². The molecule has 0 bridgehead atoms. The molecule has 0 rings (SSSR count). The first-order valence-corrected chi connectivity index (χ1v) is 4.40. The lowest BCUT2D eigenvalue weighted by atomic mass is 9.83. The van der Waals surface area contributed by atoms with Crippen molar-refractivity contribution >= 4 is 5.97 Å². The predicted octanol–water partition coefficient (Wildman–Crippen LogP) is 1.33. The number of carboxylic acids is 1. The van der Waals surface area contributed by atoms with Gasteiger partial charge in [-0.2, -0.15) is 0 Å². The number of hydrogen-bond acceptors (Lipinski definition) is 2. The van der Waals surface area contributed by atoms with Gasteiger partial charge in [0.15, 0.2) is 0 Å². The molecule has 0 aromatic carbocycles. The van der Waals surface area contributed by atoms with Gasteiger partial charge >= 0.3 is 5.97 Å². The number of rotatable bonds is 5. The molecule has 1 unspecified atom stereocenters. The van der Waals surface area contributed by atoms with Gasteiger partial charge in [-0.1, -0.05) is 20.8 Å². The lowest BCUT2D eigenvalue weighted by molar-refractivity contribution is -0.138. The molecule has 2 atom stereocenters. The standard InChI is InChI=1S/C9H19NO2/c1-6(2)7(3)8(5-10)4-9(11)12/h6-8H,4-5,10H2,1-3H3,(H,11,12)/t7-,8?/m0/s1. The van der Waals surface area contributed by atoms with Crippen molar-refractivity contribution in [2.75, 3.05) is 6.54 Å². The molecule has 12 heavy (non-hydrogen) atoms. The first-order valence-electron chi connectivity index (χ1n) is 4.40. The van der Waals surface area contributed by atoms with Crippen LogP contribution < -0.4 is 5.73 Å². The zero-order valence-electron chi connectivity index (χ0n) is 8.08. The molecule has 0 heterocycles. The Morgan fingerprint density at radius 3 is 2.17 bits per heavy atom. The maximum atomic E-state index is 10.4. The molecule has 0 aliphatic heterocycles. The smallest absolute Gasteiger partial charge is 0.303 e. The van der Waals surface area contributed by atoms with E-state index >= 15 is 0 Å². The largest absolute Gasteiger partial charge is 0.481 e. The average molecular weight is 173 g/mol. The van der Waals surface area contributed by atoms with E-state index in [2.05, 4.69) is 20.8 Å². The highest BCUT2D eigenvalue weighted by Gasteiger charge is 2.21. The predicted molar refractivity (Wildman–Crippen MR) is 48.8 cm³/mol. The topological polar surface area (TPSA) is 63.3 Å².